The molecule has 4 heteroatoms. The topological polar surface area (TPSA) is 67.6 Å². The smallest absolute Gasteiger partial charge is 0.123 e. The minimum atomic E-state index is 0.526. The van der Waals surface area contributed by atoms with E-state index < -0.39 is 0 Å². The molecule has 3 N–H and O–H groups in total. The molecule has 5 rings (SSSR count). The number of hydrogen-bond donors (Lipinski definition) is 2. The molecule has 0 atom stereocenters. The predicted octanol–water partition coefficient (Wildman–Crippen LogP) is 4.19. The first-order valence-corrected chi connectivity index (χ1v) is 8.27. The van der Waals surface area contributed by atoms with Crippen molar-refractivity contribution in [1.82, 2.24) is 15.0 Å². The van der Waals surface area contributed by atoms with Crippen molar-refractivity contribution in [2.75, 3.05) is 5.73 Å². The molecular weight excluding hydrogens is 308 g/mol. The highest BCUT2D eigenvalue weighted by Gasteiger charge is 2.18. The monoisotopic (exact) mass is 324 g/mol. The second kappa shape index (κ2) is 5.31. The number of allylic oxidation sites excluding steroid dienone is 1. The number of fused-ring (bicyclic) bond motifs is 2. The van der Waals surface area contributed by atoms with Crippen LogP contribution < -0.4 is 5.73 Å². The van der Waals surface area contributed by atoms with E-state index in [4.69, 9.17) is 5.73 Å². The number of nitrogens with two attached hydrogens (primary N) is 1. The van der Waals surface area contributed by atoms with Crippen LogP contribution in [0.5, 0.6) is 0 Å². The van der Waals surface area contributed by atoms with Crippen LogP contribution in [-0.4, -0.2) is 15.0 Å². The number of benzene rings is 1. The van der Waals surface area contributed by atoms with Gasteiger partial charge in [0.15, 0.2) is 0 Å². The van der Waals surface area contributed by atoms with E-state index in [9.17, 15) is 0 Å². The van der Waals surface area contributed by atoms with Gasteiger partial charge in [-0.05, 0) is 52.9 Å². The molecule has 25 heavy (non-hydrogen) atoms. The van der Waals surface area contributed by atoms with E-state index in [0.717, 1.165) is 28.8 Å². The molecule has 0 saturated carbocycles. The first-order valence-electron chi connectivity index (χ1n) is 8.27. The molecule has 1 aliphatic rings. The van der Waals surface area contributed by atoms with E-state index in [0.29, 0.717) is 5.82 Å². The molecule has 120 valence electrons. The van der Waals surface area contributed by atoms with Crippen molar-refractivity contribution >= 4 is 22.3 Å². The molecular formula is C21H16N4. The summed E-state index contributed by atoms with van der Waals surface area (Å²) in [6, 6.07) is 14.6. The van der Waals surface area contributed by atoms with Gasteiger partial charge in [-0.2, -0.15) is 0 Å². The summed E-state index contributed by atoms with van der Waals surface area (Å²) in [5.41, 5.74) is 13.7. The lowest BCUT2D eigenvalue weighted by Crippen LogP contribution is -1.94. The van der Waals surface area contributed by atoms with Crippen molar-refractivity contribution in [2.24, 2.45) is 0 Å². The maximum absolute atomic E-state index is 5.69. The highest BCUT2D eigenvalue weighted by atomic mass is 14.8. The van der Waals surface area contributed by atoms with Crippen molar-refractivity contribution in [3.8, 4) is 11.1 Å². The normalized spacial score (nSPS) is 13.0. The summed E-state index contributed by atoms with van der Waals surface area (Å²) in [6.45, 7) is 0. The lowest BCUT2D eigenvalue weighted by atomic mass is 9.97. The molecule has 0 aliphatic heterocycles. The highest BCUT2D eigenvalue weighted by molar-refractivity contribution is 5.90. The molecule has 0 spiro atoms. The molecule has 0 radical (unpaired) electrons. The summed E-state index contributed by atoms with van der Waals surface area (Å²) in [4.78, 5) is 12.1. The molecule has 1 aromatic carbocycles. The van der Waals surface area contributed by atoms with Gasteiger partial charge in [0.05, 0.1) is 5.69 Å². The van der Waals surface area contributed by atoms with Crippen LogP contribution >= 0.6 is 0 Å². The van der Waals surface area contributed by atoms with Gasteiger partial charge >= 0.3 is 0 Å². The SMILES string of the molecule is Nc1ccc(-c2cnc3c(c2)C(c2ccc4[nH]ccc4c2)=CC3)cn1. The predicted molar refractivity (Wildman–Crippen MR) is 101 cm³/mol. The van der Waals surface area contributed by atoms with Gasteiger partial charge in [0, 0.05) is 47.2 Å². The Labute approximate surface area is 145 Å². The minimum Gasteiger partial charge on any atom is -0.384 e. The number of nitrogen functional groups attached to an aromatic ring is 1. The Kier molecular flexibility index (Phi) is 2.97. The van der Waals surface area contributed by atoms with Crippen LogP contribution in [-0.2, 0) is 6.42 Å². The van der Waals surface area contributed by atoms with Gasteiger partial charge < -0.3 is 10.7 Å². The van der Waals surface area contributed by atoms with Gasteiger partial charge in [-0.15, -0.1) is 0 Å². The first kappa shape index (κ1) is 14.0. The van der Waals surface area contributed by atoms with E-state index in [-0.39, 0.29) is 0 Å². The summed E-state index contributed by atoms with van der Waals surface area (Å²) in [5.74, 6) is 0.526. The standard InChI is InChI=1S/C21H16N4/c22-21-6-2-15(11-25-21)16-10-18-17(3-5-20(18)24-12-16)13-1-4-19-14(9-13)7-8-23-19/h1-4,6-12,23H,5H2,(H2,22,25). The van der Waals surface area contributed by atoms with Crippen molar-refractivity contribution in [2.45, 2.75) is 6.42 Å². The highest BCUT2D eigenvalue weighted by Crippen LogP contribution is 2.35. The zero-order chi connectivity index (χ0) is 16.8. The van der Waals surface area contributed by atoms with Crippen molar-refractivity contribution in [1.29, 1.82) is 0 Å². The van der Waals surface area contributed by atoms with Gasteiger partial charge in [-0.1, -0.05) is 12.1 Å². The Morgan fingerprint density at radius 3 is 2.64 bits per heavy atom. The molecule has 3 aromatic heterocycles. The Balaban J connectivity index is 1.60. The third-order valence-electron chi connectivity index (χ3n) is 4.74. The number of rotatable bonds is 2. The average molecular weight is 324 g/mol. The van der Waals surface area contributed by atoms with Gasteiger partial charge in [0.2, 0.25) is 0 Å². The van der Waals surface area contributed by atoms with Crippen molar-refractivity contribution < 1.29 is 0 Å². The molecule has 0 fully saturated rings. The van der Waals surface area contributed by atoms with Crippen LogP contribution in [0, 0.1) is 0 Å². The number of hydrogen-bond acceptors (Lipinski definition) is 3. The van der Waals surface area contributed by atoms with Gasteiger partial charge in [-0.3, -0.25) is 4.98 Å². The third kappa shape index (κ3) is 2.31. The Morgan fingerprint density at radius 1 is 0.880 bits per heavy atom. The molecule has 0 unspecified atom stereocenters. The quantitative estimate of drug-likeness (QED) is 0.581. The summed E-state index contributed by atoms with van der Waals surface area (Å²) in [5, 5.41) is 1.22. The van der Waals surface area contributed by atoms with E-state index in [1.54, 1.807) is 6.20 Å². The second-order valence-electron chi connectivity index (χ2n) is 6.29. The van der Waals surface area contributed by atoms with Crippen LogP contribution in [0.2, 0.25) is 0 Å². The Hall–Kier alpha value is -3.40. The lowest BCUT2D eigenvalue weighted by molar-refractivity contribution is 1.13. The van der Waals surface area contributed by atoms with E-state index in [1.807, 2.05) is 24.5 Å². The number of anilines is 1. The molecule has 3 heterocycles. The Morgan fingerprint density at radius 2 is 1.76 bits per heavy atom. The van der Waals surface area contributed by atoms with Crippen molar-refractivity contribution in [3.63, 3.8) is 0 Å². The molecule has 1 aliphatic carbocycles. The number of nitrogens with one attached hydrogen (secondary N) is 1. The lowest BCUT2D eigenvalue weighted by Gasteiger charge is -2.09. The average Bonchev–Trinajstić information content (AvgIpc) is 3.27. The minimum absolute atomic E-state index is 0.526. The molecule has 4 aromatic rings. The van der Waals surface area contributed by atoms with Gasteiger partial charge in [-0.25, -0.2) is 4.98 Å². The van der Waals surface area contributed by atoms with E-state index >= 15 is 0 Å². The van der Waals surface area contributed by atoms with Crippen LogP contribution in [0.25, 0.3) is 27.6 Å². The fourth-order valence-corrected chi connectivity index (χ4v) is 3.43. The van der Waals surface area contributed by atoms with E-state index in [2.05, 4.69) is 51.4 Å². The summed E-state index contributed by atoms with van der Waals surface area (Å²) >= 11 is 0. The van der Waals surface area contributed by atoms with Crippen molar-refractivity contribution in [3.05, 3.63) is 84.0 Å². The summed E-state index contributed by atoms with van der Waals surface area (Å²) in [6.07, 6.45) is 8.81. The summed E-state index contributed by atoms with van der Waals surface area (Å²) in [7, 11) is 0. The number of nitrogens with zero attached hydrogens (tertiary/aromatic N) is 2. The van der Waals surface area contributed by atoms with Crippen LogP contribution in [0.15, 0.2) is 67.1 Å². The van der Waals surface area contributed by atoms with Crippen LogP contribution in [0.4, 0.5) is 5.82 Å². The number of aromatic nitrogens is 3. The largest absolute Gasteiger partial charge is 0.384 e. The molecule has 4 nitrogen and oxygen atoms in total. The molecule has 0 amide bonds. The molecule has 0 saturated heterocycles. The zero-order valence-corrected chi connectivity index (χ0v) is 13.5. The molecule has 0 bridgehead atoms. The summed E-state index contributed by atoms with van der Waals surface area (Å²) < 4.78 is 0. The fraction of sp³-hybridized carbons (Fsp3) is 0.0476. The fourth-order valence-electron chi connectivity index (χ4n) is 3.43. The van der Waals surface area contributed by atoms with Crippen LogP contribution in [0.3, 0.4) is 0 Å². The first-order chi connectivity index (χ1) is 12.3. The maximum atomic E-state index is 5.69. The number of pyridine rings is 2. The zero-order valence-electron chi connectivity index (χ0n) is 13.5. The van der Waals surface area contributed by atoms with Gasteiger partial charge in [0.1, 0.15) is 5.82 Å². The van der Waals surface area contributed by atoms with Crippen LogP contribution in [0.1, 0.15) is 16.8 Å². The third-order valence-corrected chi connectivity index (χ3v) is 4.74. The number of aromatic amines is 1. The van der Waals surface area contributed by atoms with Gasteiger partial charge in [0.25, 0.3) is 0 Å². The maximum Gasteiger partial charge on any atom is 0.123 e. The second-order valence-corrected chi connectivity index (χ2v) is 6.29. The Bertz CT molecular complexity index is 1120. The number of H-pyrrole nitrogens is 1. The van der Waals surface area contributed by atoms with E-state index in [1.165, 1.54) is 22.1 Å².